The number of piperidine rings is 1. The van der Waals surface area contributed by atoms with Gasteiger partial charge in [0.1, 0.15) is 12.4 Å². The van der Waals surface area contributed by atoms with E-state index in [1.807, 2.05) is 37.3 Å². The van der Waals surface area contributed by atoms with Crippen molar-refractivity contribution in [2.45, 2.75) is 56.9 Å². The molecule has 0 unspecified atom stereocenters. The van der Waals surface area contributed by atoms with Crippen molar-refractivity contribution < 1.29 is 19.1 Å². The van der Waals surface area contributed by atoms with Gasteiger partial charge >= 0.3 is 0 Å². The van der Waals surface area contributed by atoms with Gasteiger partial charge in [0.05, 0.1) is 23.4 Å². The molecule has 1 aromatic heterocycles. The summed E-state index contributed by atoms with van der Waals surface area (Å²) in [5.74, 6) is 0.519. The fraction of sp³-hybridized carbons (Fsp3) is 0.545. The number of ether oxygens (including phenoxy) is 1. The number of likely N-dealkylation sites (tertiary alicyclic amines) is 1. The summed E-state index contributed by atoms with van der Waals surface area (Å²) in [5, 5.41) is 13.3. The summed E-state index contributed by atoms with van der Waals surface area (Å²) in [7, 11) is 0. The Balaban J connectivity index is 1.36. The molecular weight excluding hydrogens is 370 g/mol. The van der Waals surface area contributed by atoms with Crippen LogP contribution in [-0.2, 0) is 16.1 Å². The average molecular weight is 399 g/mol. The lowest BCUT2D eigenvalue weighted by Crippen LogP contribution is -2.65. The number of hydrogen-bond acceptors (Lipinski definition) is 6. The molecular formula is C22H29N3O4. The number of aliphatic hydroxyl groups excluding tert-OH is 1. The molecule has 7 heteroatoms. The first kappa shape index (κ1) is 20.1. The molecule has 2 aliphatic heterocycles. The molecule has 0 aliphatic carbocycles. The Morgan fingerprint density at radius 2 is 2.03 bits per heavy atom. The van der Waals surface area contributed by atoms with E-state index in [0.29, 0.717) is 12.3 Å². The van der Waals surface area contributed by atoms with Gasteiger partial charge in [-0.15, -0.1) is 0 Å². The SMILES string of the molecule is CC(=O)N[C@@]1(C)CC2(CCN(Cc3coc(-c4ccccc4)n3)CC2)OC[C@@H]1O. The van der Waals surface area contributed by atoms with Crippen molar-refractivity contribution in [3.8, 4) is 11.5 Å². The Morgan fingerprint density at radius 3 is 2.72 bits per heavy atom. The summed E-state index contributed by atoms with van der Waals surface area (Å²) < 4.78 is 11.7. The Labute approximate surface area is 171 Å². The maximum absolute atomic E-state index is 11.6. The number of rotatable bonds is 4. The van der Waals surface area contributed by atoms with Crippen molar-refractivity contribution in [2.75, 3.05) is 19.7 Å². The van der Waals surface area contributed by atoms with Gasteiger partial charge in [-0.2, -0.15) is 0 Å². The van der Waals surface area contributed by atoms with E-state index in [0.717, 1.165) is 43.7 Å². The lowest BCUT2D eigenvalue weighted by Gasteiger charge is -2.51. The molecule has 2 fully saturated rings. The molecule has 1 amide bonds. The summed E-state index contributed by atoms with van der Waals surface area (Å²) in [6.07, 6.45) is 3.38. The summed E-state index contributed by atoms with van der Waals surface area (Å²) in [6.45, 7) is 6.14. The summed E-state index contributed by atoms with van der Waals surface area (Å²) >= 11 is 0. The van der Waals surface area contributed by atoms with Gasteiger partial charge < -0.3 is 19.6 Å². The first-order chi connectivity index (χ1) is 13.9. The normalized spacial score (nSPS) is 27.1. The number of carbonyl (C=O) groups excluding carboxylic acids is 1. The predicted octanol–water partition coefficient (Wildman–Crippen LogP) is 2.35. The Bertz CT molecular complexity index is 845. The molecule has 2 aliphatic rings. The number of nitrogens with zero attached hydrogens (tertiary/aromatic N) is 2. The Kier molecular flexibility index (Phi) is 5.46. The van der Waals surface area contributed by atoms with Crippen LogP contribution in [0.4, 0.5) is 0 Å². The second kappa shape index (κ2) is 7.89. The number of hydrogen-bond donors (Lipinski definition) is 2. The van der Waals surface area contributed by atoms with Crippen LogP contribution >= 0.6 is 0 Å². The van der Waals surface area contributed by atoms with Crippen LogP contribution in [0.15, 0.2) is 41.0 Å². The van der Waals surface area contributed by atoms with Crippen molar-refractivity contribution in [1.29, 1.82) is 0 Å². The average Bonchev–Trinajstić information content (AvgIpc) is 3.16. The van der Waals surface area contributed by atoms with Crippen LogP contribution in [-0.4, -0.2) is 57.8 Å². The van der Waals surface area contributed by atoms with Crippen LogP contribution in [0.3, 0.4) is 0 Å². The lowest BCUT2D eigenvalue weighted by atomic mass is 9.74. The van der Waals surface area contributed by atoms with Gasteiger partial charge in [-0.1, -0.05) is 18.2 Å². The monoisotopic (exact) mass is 399 g/mol. The Morgan fingerprint density at radius 1 is 1.31 bits per heavy atom. The van der Waals surface area contributed by atoms with Gasteiger partial charge in [0.25, 0.3) is 0 Å². The molecule has 2 atom stereocenters. The molecule has 7 nitrogen and oxygen atoms in total. The lowest BCUT2D eigenvalue weighted by molar-refractivity contribution is -0.181. The van der Waals surface area contributed by atoms with Crippen LogP contribution in [0.1, 0.15) is 38.8 Å². The minimum absolute atomic E-state index is 0.124. The third kappa shape index (κ3) is 4.37. The molecule has 2 saturated heterocycles. The molecule has 3 heterocycles. The van der Waals surface area contributed by atoms with Gasteiger partial charge in [0.15, 0.2) is 0 Å². The van der Waals surface area contributed by atoms with E-state index in [2.05, 4.69) is 15.2 Å². The highest BCUT2D eigenvalue weighted by atomic mass is 16.5. The van der Waals surface area contributed by atoms with Crippen molar-refractivity contribution in [1.82, 2.24) is 15.2 Å². The van der Waals surface area contributed by atoms with Crippen LogP contribution in [0.5, 0.6) is 0 Å². The van der Waals surface area contributed by atoms with Gasteiger partial charge in [0, 0.05) is 38.5 Å². The zero-order chi connectivity index (χ0) is 20.5. The van der Waals surface area contributed by atoms with Gasteiger partial charge in [-0.05, 0) is 31.9 Å². The van der Waals surface area contributed by atoms with Gasteiger partial charge in [-0.25, -0.2) is 4.98 Å². The van der Waals surface area contributed by atoms with E-state index < -0.39 is 11.6 Å². The zero-order valence-corrected chi connectivity index (χ0v) is 17.1. The fourth-order valence-electron chi connectivity index (χ4n) is 4.57. The van der Waals surface area contributed by atoms with E-state index in [1.165, 1.54) is 6.92 Å². The van der Waals surface area contributed by atoms with Crippen molar-refractivity contribution in [3.63, 3.8) is 0 Å². The molecule has 2 N–H and O–H groups in total. The van der Waals surface area contributed by atoms with E-state index in [4.69, 9.17) is 9.15 Å². The molecule has 1 spiro atoms. The largest absolute Gasteiger partial charge is 0.444 e. The first-order valence-corrected chi connectivity index (χ1v) is 10.2. The van der Waals surface area contributed by atoms with E-state index in [9.17, 15) is 9.90 Å². The summed E-state index contributed by atoms with van der Waals surface area (Å²) in [5.41, 5.74) is 0.945. The summed E-state index contributed by atoms with van der Waals surface area (Å²) in [4.78, 5) is 18.6. The van der Waals surface area contributed by atoms with E-state index in [-0.39, 0.29) is 18.1 Å². The van der Waals surface area contributed by atoms with E-state index >= 15 is 0 Å². The van der Waals surface area contributed by atoms with Crippen molar-refractivity contribution in [2.24, 2.45) is 0 Å². The number of aliphatic hydroxyl groups is 1. The van der Waals surface area contributed by atoms with E-state index in [1.54, 1.807) is 6.26 Å². The van der Waals surface area contributed by atoms with Crippen molar-refractivity contribution in [3.05, 3.63) is 42.3 Å². The smallest absolute Gasteiger partial charge is 0.226 e. The third-order valence-electron chi connectivity index (χ3n) is 6.16. The maximum atomic E-state index is 11.6. The number of oxazole rings is 1. The minimum Gasteiger partial charge on any atom is -0.444 e. The van der Waals surface area contributed by atoms with Crippen molar-refractivity contribution >= 4 is 5.91 Å². The number of aromatic nitrogens is 1. The third-order valence-corrected chi connectivity index (χ3v) is 6.16. The second-order valence-corrected chi connectivity index (χ2v) is 8.57. The molecule has 2 aromatic rings. The molecule has 29 heavy (non-hydrogen) atoms. The fourth-order valence-corrected chi connectivity index (χ4v) is 4.57. The molecule has 0 radical (unpaired) electrons. The minimum atomic E-state index is -0.693. The molecule has 0 saturated carbocycles. The van der Waals surface area contributed by atoms with Crippen LogP contribution in [0.2, 0.25) is 0 Å². The van der Waals surface area contributed by atoms with Crippen LogP contribution in [0.25, 0.3) is 11.5 Å². The highest BCUT2D eigenvalue weighted by Gasteiger charge is 2.49. The number of nitrogens with one attached hydrogen (secondary N) is 1. The standard InChI is InChI=1S/C22H29N3O4/c1-16(26)24-21(2)15-22(29-14-19(21)27)8-10-25(11-9-22)12-18-13-28-20(23-18)17-6-4-3-5-7-17/h3-7,13,19,27H,8-12,14-15H2,1-2H3,(H,24,26)/t19-,21-/m0/s1. The predicted molar refractivity (Wildman–Crippen MR) is 108 cm³/mol. The molecule has 4 rings (SSSR count). The van der Waals surface area contributed by atoms with Crippen LogP contribution < -0.4 is 5.32 Å². The topological polar surface area (TPSA) is 87.8 Å². The van der Waals surface area contributed by atoms with Gasteiger partial charge in [0.2, 0.25) is 11.8 Å². The highest BCUT2D eigenvalue weighted by molar-refractivity contribution is 5.74. The summed E-state index contributed by atoms with van der Waals surface area (Å²) in [6, 6.07) is 9.89. The number of amides is 1. The quantitative estimate of drug-likeness (QED) is 0.821. The number of benzene rings is 1. The molecule has 0 bridgehead atoms. The molecule has 156 valence electrons. The highest BCUT2D eigenvalue weighted by Crippen LogP contribution is 2.40. The number of carbonyl (C=O) groups is 1. The van der Waals surface area contributed by atoms with Gasteiger partial charge in [-0.3, -0.25) is 9.69 Å². The first-order valence-electron chi connectivity index (χ1n) is 10.2. The zero-order valence-electron chi connectivity index (χ0n) is 17.1. The Hall–Kier alpha value is -2.22. The van der Waals surface area contributed by atoms with Crippen LogP contribution in [0, 0.1) is 0 Å². The molecule has 1 aromatic carbocycles. The second-order valence-electron chi connectivity index (χ2n) is 8.57. The maximum Gasteiger partial charge on any atom is 0.226 e.